The van der Waals surface area contributed by atoms with Crippen molar-refractivity contribution in [3.05, 3.63) is 20.7 Å². The van der Waals surface area contributed by atoms with Gasteiger partial charge in [0, 0.05) is 20.3 Å². The van der Waals surface area contributed by atoms with Crippen LogP contribution in [0.3, 0.4) is 0 Å². The normalized spacial score (nSPS) is 18.0. The van der Waals surface area contributed by atoms with Gasteiger partial charge in [-0.05, 0) is 15.9 Å². The minimum atomic E-state index is -0.226. The quantitative estimate of drug-likeness (QED) is 0.758. The molecule has 1 aliphatic heterocycles. The first-order valence-corrected chi connectivity index (χ1v) is 5.75. The van der Waals surface area contributed by atoms with Gasteiger partial charge in [-0.2, -0.15) is 0 Å². The van der Waals surface area contributed by atoms with Gasteiger partial charge in [0.2, 0.25) is 0 Å². The summed E-state index contributed by atoms with van der Waals surface area (Å²) in [5.41, 5.74) is 0.478. The summed E-state index contributed by atoms with van der Waals surface area (Å²) < 4.78 is 0.748. The third kappa shape index (κ3) is 2.90. The smallest absolute Gasteiger partial charge is 0.295 e. The Morgan fingerprint density at radius 3 is 2.93 bits per heavy atom. The number of hydroxylamine groups is 2. The molecule has 0 spiro atoms. The van der Waals surface area contributed by atoms with Gasteiger partial charge in [-0.25, -0.2) is 5.06 Å². The first kappa shape index (κ1) is 12.4. The van der Waals surface area contributed by atoms with E-state index in [-0.39, 0.29) is 5.91 Å². The molecule has 0 aromatic heterocycles. The maximum Gasteiger partial charge on any atom is 0.295 e. The molecule has 0 bridgehead atoms. The molecular weight excluding hydrogens is 282 g/mol. The number of rotatable bonds is 3. The topological polar surface area (TPSA) is 53.6 Å². The van der Waals surface area contributed by atoms with Crippen LogP contribution in [0, 0.1) is 0 Å². The highest BCUT2D eigenvalue weighted by atomic mass is 79.9. The number of hydrogen-bond donors (Lipinski definition) is 2. The van der Waals surface area contributed by atoms with E-state index in [1.165, 1.54) is 18.9 Å². The fraction of sp³-hybridized carbons (Fsp3) is 0.375. The molecule has 2 N–H and O–H groups in total. The summed E-state index contributed by atoms with van der Waals surface area (Å²) in [6.07, 6.45) is 1.78. The Morgan fingerprint density at radius 1 is 1.73 bits per heavy atom. The van der Waals surface area contributed by atoms with Crippen LogP contribution >= 0.6 is 27.7 Å². The third-order valence-corrected chi connectivity index (χ3v) is 3.40. The molecule has 0 atom stereocenters. The zero-order chi connectivity index (χ0) is 11.4. The van der Waals surface area contributed by atoms with Crippen LogP contribution < -0.4 is 10.6 Å². The fourth-order valence-electron chi connectivity index (χ4n) is 0.920. The van der Waals surface area contributed by atoms with Crippen molar-refractivity contribution < 1.29 is 9.63 Å². The van der Waals surface area contributed by atoms with Crippen LogP contribution in [-0.4, -0.2) is 32.2 Å². The number of amides is 1. The number of nitrogens with one attached hydrogen (secondary N) is 2. The fourth-order valence-corrected chi connectivity index (χ4v) is 2.48. The molecule has 1 rings (SSSR count). The van der Waals surface area contributed by atoms with E-state index in [0.717, 1.165) is 13.9 Å². The number of likely N-dealkylation sites (N-methyl/N-ethyl adjacent to an activating group) is 1. The molecule has 1 aliphatic rings. The summed E-state index contributed by atoms with van der Waals surface area (Å²) in [7, 11) is 4.80. The first-order chi connectivity index (χ1) is 7.10. The lowest BCUT2D eigenvalue weighted by atomic mass is 10.4. The van der Waals surface area contributed by atoms with E-state index in [0.29, 0.717) is 5.70 Å². The Labute approximate surface area is 101 Å². The Morgan fingerprint density at radius 2 is 2.40 bits per heavy atom. The van der Waals surface area contributed by atoms with Gasteiger partial charge in [0.05, 0.1) is 16.0 Å². The van der Waals surface area contributed by atoms with Gasteiger partial charge >= 0.3 is 0 Å². The molecule has 15 heavy (non-hydrogen) atoms. The van der Waals surface area contributed by atoms with Crippen LogP contribution in [0.25, 0.3) is 0 Å². The monoisotopic (exact) mass is 293 g/mol. The molecule has 0 fully saturated rings. The van der Waals surface area contributed by atoms with E-state index in [2.05, 4.69) is 26.6 Å². The summed E-state index contributed by atoms with van der Waals surface area (Å²) in [6.45, 7) is 0. The number of hydrogen-bond acceptors (Lipinski definition) is 5. The average Bonchev–Trinajstić information content (AvgIpc) is 2.58. The van der Waals surface area contributed by atoms with E-state index in [4.69, 9.17) is 4.84 Å². The molecule has 0 saturated heterocycles. The van der Waals surface area contributed by atoms with E-state index in [1.54, 1.807) is 20.3 Å². The Bertz CT molecular complexity index is 330. The summed E-state index contributed by atoms with van der Waals surface area (Å²) in [4.78, 5) is 16.5. The Hall–Kier alpha value is -0.660. The molecule has 1 heterocycles. The van der Waals surface area contributed by atoms with Gasteiger partial charge in [-0.15, -0.1) is 0 Å². The van der Waals surface area contributed by atoms with Gasteiger partial charge in [-0.1, -0.05) is 11.8 Å². The van der Waals surface area contributed by atoms with E-state index < -0.39 is 0 Å². The molecule has 7 heteroatoms. The molecular formula is C8H12BrN3O2S. The number of nitrogens with zero attached hydrogens (tertiary/aromatic N) is 1. The highest BCUT2D eigenvalue weighted by Crippen LogP contribution is 2.37. The van der Waals surface area contributed by atoms with E-state index in [9.17, 15) is 4.79 Å². The highest BCUT2D eigenvalue weighted by Gasteiger charge is 2.25. The van der Waals surface area contributed by atoms with Crippen LogP contribution in [-0.2, 0) is 9.63 Å². The summed E-state index contributed by atoms with van der Waals surface area (Å²) in [6, 6.07) is 0. The zero-order valence-corrected chi connectivity index (χ0v) is 11.0. The molecule has 84 valence electrons. The molecule has 0 radical (unpaired) electrons. The van der Waals surface area contributed by atoms with Crippen molar-refractivity contribution in [2.75, 3.05) is 21.2 Å². The standard InChI is InChI=1S/C8H12BrN3O2S/c1-10-4-5-11-6(7(9)15-5)8(13)12(2)14-3/h4,10-11H,1-3H3/b5-4+. The van der Waals surface area contributed by atoms with Crippen LogP contribution in [0.1, 0.15) is 0 Å². The van der Waals surface area contributed by atoms with E-state index in [1.807, 2.05) is 0 Å². The summed E-state index contributed by atoms with van der Waals surface area (Å²) in [5, 5.41) is 7.88. The molecule has 5 nitrogen and oxygen atoms in total. The third-order valence-electron chi connectivity index (χ3n) is 1.69. The average molecular weight is 294 g/mol. The number of carbonyl (C=O) groups is 1. The second-order valence-electron chi connectivity index (χ2n) is 2.66. The molecule has 1 amide bonds. The lowest BCUT2D eigenvalue weighted by Gasteiger charge is -2.14. The highest BCUT2D eigenvalue weighted by molar-refractivity contribution is 9.14. The van der Waals surface area contributed by atoms with Crippen molar-refractivity contribution in [1.29, 1.82) is 0 Å². The van der Waals surface area contributed by atoms with Crippen molar-refractivity contribution in [1.82, 2.24) is 15.7 Å². The number of carbonyl (C=O) groups excluding carboxylic acids is 1. The molecule has 0 saturated carbocycles. The van der Waals surface area contributed by atoms with Crippen molar-refractivity contribution in [2.45, 2.75) is 0 Å². The minimum Gasteiger partial charge on any atom is -0.392 e. The molecule has 0 aliphatic carbocycles. The van der Waals surface area contributed by atoms with Gasteiger partial charge < -0.3 is 10.6 Å². The van der Waals surface area contributed by atoms with Crippen molar-refractivity contribution in [2.24, 2.45) is 0 Å². The lowest BCUT2D eigenvalue weighted by Crippen LogP contribution is -2.31. The molecule has 0 unspecified atom stereocenters. The van der Waals surface area contributed by atoms with Gasteiger partial charge in [0.25, 0.3) is 5.91 Å². The Kier molecular flexibility index (Phi) is 4.49. The van der Waals surface area contributed by atoms with Gasteiger partial charge in [-0.3, -0.25) is 9.63 Å². The number of halogens is 1. The van der Waals surface area contributed by atoms with Crippen molar-refractivity contribution in [3.63, 3.8) is 0 Å². The maximum atomic E-state index is 11.7. The van der Waals surface area contributed by atoms with Crippen LogP contribution in [0.4, 0.5) is 0 Å². The molecule has 0 aromatic rings. The molecule has 0 aromatic carbocycles. The zero-order valence-electron chi connectivity index (χ0n) is 8.63. The SMILES string of the molecule is CN/C=C1\NC(C(=O)N(C)OC)=C(Br)S1. The number of thioether (sulfide) groups is 1. The summed E-state index contributed by atoms with van der Waals surface area (Å²) in [5.74, 6) is -0.226. The predicted molar refractivity (Wildman–Crippen MR) is 63.6 cm³/mol. The predicted octanol–water partition coefficient (Wildman–Crippen LogP) is 0.925. The lowest BCUT2D eigenvalue weighted by molar-refractivity contribution is -0.164. The van der Waals surface area contributed by atoms with E-state index >= 15 is 0 Å². The second kappa shape index (κ2) is 5.43. The van der Waals surface area contributed by atoms with Crippen molar-refractivity contribution >= 4 is 33.6 Å². The maximum absolute atomic E-state index is 11.7. The van der Waals surface area contributed by atoms with Gasteiger partial charge in [0.1, 0.15) is 5.70 Å². The largest absolute Gasteiger partial charge is 0.392 e. The first-order valence-electron chi connectivity index (χ1n) is 4.14. The van der Waals surface area contributed by atoms with Crippen LogP contribution in [0.15, 0.2) is 20.7 Å². The van der Waals surface area contributed by atoms with Crippen LogP contribution in [0.2, 0.25) is 0 Å². The Balaban J connectivity index is 2.76. The van der Waals surface area contributed by atoms with Crippen LogP contribution in [0.5, 0.6) is 0 Å². The minimum absolute atomic E-state index is 0.226. The van der Waals surface area contributed by atoms with Gasteiger partial charge in [0.15, 0.2) is 0 Å². The second-order valence-corrected chi connectivity index (χ2v) is 5.03. The van der Waals surface area contributed by atoms with Crippen molar-refractivity contribution in [3.8, 4) is 0 Å². The summed E-state index contributed by atoms with van der Waals surface area (Å²) >= 11 is 4.76.